The Morgan fingerprint density at radius 2 is 1.96 bits per heavy atom. The molecule has 25 heavy (non-hydrogen) atoms. The highest BCUT2D eigenvalue weighted by atomic mass is 35.5. The first-order valence-electron chi connectivity index (χ1n) is 7.80. The average Bonchev–Trinajstić information content (AvgIpc) is 2.63. The van der Waals surface area contributed by atoms with Gasteiger partial charge in [0.05, 0.1) is 29.9 Å². The van der Waals surface area contributed by atoms with E-state index in [1.165, 1.54) is 7.11 Å². The van der Waals surface area contributed by atoms with Gasteiger partial charge in [0.15, 0.2) is 5.69 Å². The van der Waals surface area contributed by atoms with Crippen molar-refractivity contribution in [2.75, 3.05) is 19.0 Å². The Balaban J connectivity index is 2.04. The molecule has 0 aliphatic heterocycles. The van der Waals surface area contributed by atoms with E-state index < -0.39 is 5.97 Å². The lowest BCUT2D eigenvalue weighted by Gasteiger charge is -2.12. The minimum Gasteiger partial charge on any atom is -0.494 e. The Kier molecular flexibility index (Phi) is 5.05. The molecule has 3 aromatic rings. The number of benzene rings is 2. The Morgan fingerprint density at radius 1 is 1.20 bits per heavy atom. The third-order valence-corrected chi connectivity index (χ3v) is 3.93. The Morgan fingerprint density at radius 3 is 2.64 bits per heavy atom. The third-order valence-electron chi connectivity index (χ3n) is 3.63. The number of methoxy groups -OCH3 is 1. The minimum atomic E-state index is -0.517. The van der Waals surface area contributed by atoms with Crippen molar-refractivity contribution in [3.63, 3.8) is 0 Å². The highest BCUT2D eigenvalue weighted by molar-refractivity contribution is 6.35. The van der Waals surface area contributed by atoms with Crippen molar-refractivity contribution in [2.24, 2.45) is 0 Å². The number of halogens is 1. The summed E-state index contributed by atoms with van der Waals surface area (Å²) in [6.45, 7) is 2.55. The number of hydrogen-bond acceptors (Lipinski definition) is 5. The van der Waals surface area contributed by atoms with E-state index in [1.807, 2.05) is 43.3 Å². The number of ether oxygens (including phenoxy) is 2. The first kappa shape index (κ1) is 17.0. The van der Waals surface area contributed by atoms with E-state index in [9.17, 15) is 4.79 Å². The molecular weight excluding hydrogens is 340 g/mol. The van der Waals surface area contributed by atoms with Crippen LogP contribution in [0.3, 0.4) is 0 Å². The number of aromatic nitrogens is 1. The van der Waals surface area contributed by atoms with Gasteiger partial charge < -0.3 is 14.8 Å². The number of carbonyl (C=O) groups excluding carboxylic acids is 1. The van der Waals surface area contributed by atoms with Crippen molar-refractivity contribution in [3.8, 4) is 5.75 Å². The largest absolute Gasteiger partial charge is 0.494 e. The molecular formula is C19H17ClN2O3. The van der Waals surface area contributed by atoms with Gasteiger partial charge >= 0.3 is 5.97 Å². The molecule has 0 spiro atoms. The summed E-state index contributed by atoms with van der Waals surface area (Å²) < 4.78 is 10.2. The Labute approximate surface area is 150 Å². The van der Waals surface area contributed by atoms with Crippen LogP contribution < -0.4 is 10.1 Å². The fourth-order valence-electron chi connectivity index (χ4n) is 2.48. The molecule has 1 aromatic heterocycles. The second-order valence-corrected chi connectivity index (χ2v) is 5.67. The molecule has 0 fully saturated rings. The fraction of sp³-hybridized carbons (Fsp3) is 0.158. The normalized spacial score (nSPS) is 10.5. The van der Waals surface area contributed by atoms with Gasteiger partial charge in [-0.15, -0.1) is 0 Å². The molecule has 3 rings (SSSR count). The van der Waals surface area contributed by atoms with Crippen molar-refractivity contribution in [3.05, 3.63) is 59.2 Å². The van der Waals surface area contributed by atoms with Gasteiger partial charge in [-0.3, -0.25) is 0 Å². The van der Waals surface area contributed by atoms with Crippen LogP contribution in [0.1, 0.15) is 17.4 Å². The topological polar surface area (TPSA) is 60.5 Å². The summed E-state index contributed by atoms with van der Waals surface area (Å²) in [7, 11) is 1.32. The third kappa shape index (κ3) is 3.67. The van der Waals surface area contributed by atoms with Gasteiger partial charge in [-0.1, -0.05) is 23.7 Å². The molecule has 0 amide bonds. The maximum absolute atomic E-state index is 11.9. The summed E-state index contributed by atoms with van der Waals surface area (Å²) in [4.78, 5) is 16.2. The van der Waals surface area contributed by atoms with E-state index >= 15 is 0 Å². The zero-order valence-corrected chi connectivity index (χ0v) is 14.6. The van der Waals surface area contributed by atoms with Gasteiger partial charge in [-0.25, -0.2) is 9.78 Å². The van der Waals surface area contributed by atoms with Crippen LogP contribution in [0.2, 0.25) is 5.02 Å². The number of fused-ring (bicyclic) bond motifs is 1. The van der Waals surface area contributed by atoms with Crippen LogP contribution >= 0.6 is 11.6 Å². The van der Waals surface area contributed by atoms with Crippen molar-refractivity contribution < 1.29 is 14.3 Å². The molecule has 0 bridgehead atoms. The van der Waals surface area contributed by atoms with Crippen LogP contribution in [0.25, 0.3) is 10.9 Å². The number of nitrogens with one attached hydrogen (secondary N) is 1. The van der Waals surface area contributed by atoms with Crippen LogP contribution in [-0.4, -0.2) is 24.7 Å². The van der Waals surface area contributed by atoms with Crippen LogP contribution in [0.5, 0.6) is 5.75 Å². The Hall–Kier alpha value is -2.79. The predicted molar refractivity (Wildman–Crippen MR) is 99.0 cm³/mol. The first-order chi connectivity index (χ1) is 12.1. The monoisotopic (exact) mass is 356 g/mol. The summed E-state index contributed by atoms with van der Waals surface area (Å²) in [5, 5.41) is 4.59. The van der Waals surface area contributed by atoms with Crippen molar-refractivity contribution in [1.82, 2.24) is 4.98 Å². The molecule has 5 nitrogen and oxygen atoms in total. The molecule has 2 aromatic carbocycles. The predicted octanol–water partition coefficient (Wildman–Crippen LogP) is 4.82. The molecule has 0 saturated carbocycles. The van der Waals surface area contributed by atoms with Crippen molar-refractivity contribution >= 4 is 39.8 Å². The lowest BCUT2D eigenvalue weighted by Crippen LogP contribution is -2.06. The summed E-state index contributed by atoms with van der Waals surface area (Å²) >= 11 is 6.25. The lowest BCUT2D eigenvalue weighted by atomic mass is 10.1. The number of hydrogen-bond donors (Lipinski definition) is 1. The number of para-hydroxylation sites is 1. The summed E-state index contributed by atoms with van der Waals surface area (Å²) in [6.07, 6.45) is 0. The summed E-state index contributed by atoms with van der Waals surface area (Å²) in [5.74, 6) is 0.280. The van der Waals surface area contributed by atoms with Crippen LogP contribution in [0.4, 0.5) is 11.4 Å². The van der Waals surface area contributed by atoms with Crippen molar-refractivity contribution in [1.29, 1.82) is 0 Å². The highest BCUT2D eigenvalue weighted by Gasteiger charge is 2.14. The average molecular weight is 357 g/mol. The van der Waals surface area contributed by atoms with E-state index in [0.717, 1.165) is 22.5 Å². The highest BCUT2D eigenvalue weighted by Crippen LogP contribution is 2.31. The van der Waals surface area contributed by atoms with Crippen LogP contribution in [-0.2, 0) is 4.74 Å². The molecule has 0 aliphatic rings. The molecule has 128 valence electrons. The molecule has 1 N–H and O–H groups in total. The quantitative estimate of drug-likeness (QED) is 0.664. The minimum absolute atomic E-state index is 0.191. The second kappa shape index (κ2) is 7.40. The zero-order valence-electron chi connectivity index (χ0n) is 13.9. The molecule has 0 aliphatic carbocycles. The number of esters is 1. The van der Waals surface area contributed by atoms with E-state index in [-0.39, 0.29) is 5.69 Å². The molecule has 0 unspecified atom stereocenters. The smallest absolute Gasteiger partial charge is 0.356 e. The lowest BCUT2D eigenvalue weighted by molar-refractivity contribution is 0.0594. The van der Waals surface area contributed by atoms with E-state index in [1.54, 1.807) is 12.1 Å². The van der Waals surface area contributed by atoms with Gasteiger partial charge in [0.2, 0.25) is 0 Å². The molecule has 1 heterocycles. The second-order valence-electron chi connectivity index (χ2n) is 5.27. The van der Waals surface area contributed by atoms with Gasteiger partial charge in [-0.2, -0.15) is 0 Å². The number of anilines is 2. The molecule has 6 heteroatoms. The number of nitrogens with zero attached hydrogens (tertiary/aromatic N) is 1. The van der Waals surface area contributed by atoms with E-state index in [0.29, 0.717) is 17.1 Å². The zero-order chi connectivity index (χ0) is 17.8. The summed E-state index contributed by atoms with van der Waals surface area (Å²) in [6, 6.07) is 14.7. The van der Waals surface area contributed by atoms with E-state index in [4.69, 9.17) is 21.1 Å². The molecule has 0 saturated heterocycles. The Bertz CT molecular complexity index is 910. The van der Waals surface area contributed by atoms with Crippen LogP contribution in [0, 0.1) is 0 Å². The summed E-state index contributed by atoms with van der Waals surface area (Å²) in [5.41, 5.74) is 2.31. The molecule has 0 radical (unpaired) electrons. The first-order valence-corrected chi connectivity index (χ1v) is 8.17. The van der Waals surface area contributed by atoms with Gasteiger partial charge in [0.25, 0.3) is 0 Å². The van der Waals surface area contributed by atoms with Crippen molar-refractivity contribution in [2.45, 2.75) is 6.92 Å². The maximum Gasteiger partial charge on any atom is 0.356 e. The molecule has 0 atom stereocenters. The fourth-order valence-corrected chi connectivity index (χ4v) is 2.70. The SMILES string of the molecule is CCOc1ccc(Nc2cc(C(=O)OC)nc3c(Cl)cccc23)cc1. The number of carbonyl (C=O) groups is 1. The van der Waals surface area contributed by atoms with Gasteiger partial charge in [-0.05, 0) is 43.3 Å². The standard InChI is InChI=1S/C19H17ClN2O3/c1-3-25-13-9-7-12(8-10-13)21-16-11-17(19(23)24-2)22-18-14(16)5-4-6-15(18)20/h4-11H,3H2,1-2H3,(H,21,22). The van der Waals surface area contributed by atoms with Gasteiger partial charge in [0.1, 0.15) is 5.75 Å². The van der Waals surface area contributed by atoms with E-state index in [2.05, 4.69) is 10.3 Å². The van der Waals surface area contributed by atoms with Gasteiger partial charge in [0, 0.05) is 11.1 Å². The number of rotatable bonds is 5. The van der Waals surface area contributed by atoms with Crippen LogP contribution in [0.15, 0.2) is 48.5 Å². The number of pyridine rings is 1. The maximum atomic E-state index is 11.9.